The van der Waals surface area contributed by atoms with E-state index in [1.807, 2.05) is 0 Å². The lowest BCUT2D eigenvalue weighted by Gasteiger charge is -2.16. The molecule has 1 heterocycles. The Balaban J connectivity index is 2.03. The molecule has 0 radical (unpaired) electrons. The summed E-state index contributed by atoms with van der Waals surface area (Å²) in [7, 11) is 0. The number of halogens is 1. The molecule has 0 saturated carbocycles. The summed E-state index contributed by atoms with van der Waals surface area (Å²) in [4.78, 5) is 7.11. The lowest BCUT2D eigenvalue weighted by atomic mass is 10.1. The van der Waals surface area contributed by atoms with E-state index in [1.165, 1.54) is 31.5 Å². The number of hydrogen-bond donors (Lipinski definition) is 1. The standard InChI is InChI=1S/C12H17BrN2O/c13-12-7-10(9-16-14)3-4-11(12)8-15-5-1-2-6-15/h3-4,7H,1-2,5-6,8-9,14H2. The Morgan fingerprint density at radius 2 is 2.06 bits per heavy atom. The van der Waals surface area contributed by atoms with Crippen molar-refractivity contribution in [3.8, 4) is 0 Å². The van der Waals surface area contributed by atoms with Gasteiger partial charge in [-0.05, 0) is 43.1 Å². The maximum absolute atomic E-state index is 5.06. The van der Waals surface area contributed by atoms with E-state index in [4.69, 9.17) is 5.90 Å². The van der Waals surface area contributed by atoms with Crippen LogP contribution in [-0.2, 0) is 18.0 Å². The van der Waals surface area contributed by atoms with Crippen molar-refractivity contribution in [2.45, 2.75) is 26.0 Å². The summed E-state index contributed by atoms with van der Waals surface area (Å²) in [5.41, 5.74) is 2.43. The fourth-order valence-corrected chi connectivity index (χ4v) is 2.64. The fourth-order valence-electron chi connectivity index (χ4n) is 2.09. The van der Waals surface area contributed by atoms with Crippen LogP contribution in [0.2, 0.25) is 0 Å². The van der Waals surface area contributed by atoms with Crippen LogP contribution < -0.4 is 5.90 Å². The first-order valence-electron chi connectivity index (χ1n) is 5.61. The van der Waals surface area contributed by atoms with E-state index in [-0.39, 0.29) is 0 Å². The molecule has 0 unspecified atom stereocenters. The zero-order valence-electron chi connectivity index (χ0n) is 9.29. The molecule has 4 heteroatoms. The molecule has 0 amide bonds. The van der Waals surface area contributed by atoms with Gasteiger partial charge in [-0.15, -0.1) is 0 Å². The molecule has 16 heavy (non-hydrogen) atoms. The Bertz CT molecular complexity index is 351. The lowest BCUT2D eigenvalue weighted by Crippen LogP contribution is -2.18. The average Bonchev–Trinajstić information content (AvgIpc) is 2.75. The highest BCUT2D eigenvalue weighted by molar-refractivity contribution is 9.10. The molecule has 0 spiro atoms. The van der Waals surface area contributed by atoms with Crippen LogP contribution in [0.5, 0.6) is 0 Å². The second kappa shape index (κ2) is 5.77. The molecule has 3 nitrogen and oxygen atoms in total. The predicted molar refractivity (Wildman–Crippen MR) is 67.6 cm³/mol. The zero-order valence-corrected chi connectivity index (χ0v) is 10.9. The van der Waals surface area contributed by atoms with Crippen molar-refractivity contribution >= 4 is 15.9 Å². The summed E-state index contributed by atoms with van der Waals surface area (Å²) < 4.78 is 1.15. The Kier molecular flexibility index (Phi) is 4.35. The van der Waals surface area contributed by atoms with Crippen molar-refractivity contribution in [1.82, 2.24) is 4.90 Å². The van der Waals surface area contributed by atoms with Crippen molar-refractivity contribution in [2.24, 2.45) is 5.90 Å². The molecule has 1 fully saturated rings. The van der Waals surface area contributed by atoms with Gasteiger partial charge in [0.25, 0.3) is 0 Å². The van der Waals surface area contributed by atoms with Gasteiger partial charge >= 0.3 is 0 Å². The molecule has 0 bridgehead atoms. The normalized spacial score (nSPS) is 16.9. The van der Waals surface area contributed by atoms with Gasteiger partial charge in [-0.1, -0.05) is 28.1 Å². The number of likely N-dealkylation sites (tertiary alicyclic amines) is 1. The van der Waals surface area contributed by atoms with Gasteiger partial charge in [-0.3, -0.25) is 9.74 Å². The van der Waals surface area contributed by atoms with Gasteiger partial charge < -0.3 is 0 Å². The number of nitrogens with two attached hydrogens (primary N) is 1. The minimum absolute atomic E-state index is 0.461. The van der Waals surface area contributed by atoms with Crippen molar-refractivity contribution in [3.05, 3.63) is 33.8 Å². The van der Waals surface area contributed by atoms with E-state index in [0.29, 0.717) is 6.61 Å². The Morgan fingerprint density at radius 1 is 1.31 bits per heavy atom. The van der Waals surface area contributed by atoms with Crippen molar-refractivity contribution in [3.63, 3.8) is 0 Å². The summed E-state index contributed by atoms with van der Waals surface area (Å²) >= 11 is 3.60. The quantitative estimate of drug-likeness (QED) is 0.864. The van der Waals surface area contributed by atoms with E-state index in [0.717, 1.165) is 16.6 Å². The van der Waals surface area contributed by atoms with Crippen molar-refractivity contribution in [2.75, 3.05) is 13.1 Å². The van der Waals surface area contributed by atoms with Crippen LogP contribution >= 0.6 is 15.9 Å². The highest BCUT2D eigenvalue weighted by Crippen LogP contribution is 2.22. The van der Waals surface area contributed by atoms with Crippen LogP contribution in [0.4, 0.5) is 0 Å². The number of benzene rings is 1. The minimum atomic E-state index is 0.461. The van der Waals surface area contributed by atoms with E-state index in [1.54, 1.807) is 0 Å². The molecule has 0 aliphatic carbocycles. The van der Waals surface area contributed by atoms with E-state index in [2.05, 4.69) is 43.9 Å². The molecule has 0 atom stereocenters. The van der Waals surface area contributed by atoms with Gasteiger partial charge in [-0.2, -0.15) is 0 Å². The smallest absolute Gasteiger partial charge is 0.0930 e. The predicted octanol–water partition coefficient (Wildman–Crippen LogP) is 2.44. The van der Waals surface area contributed by atoms with Crippen LogP contribution in [-0.4, -0.2) is 18.0 Å². The molecule has 1 aromatic carbocycles. The van der Waals surface area contributed by atoms with Crippen molar-refractivity contribution < 1.29 is 4.84 Å². The van der Waals surface area contributed by atoms with Gasteiger partial charge in [0, 0.05) is 11.0 Å². The van der Waals surface area contributed by atoms with Crippen LogP contribution in [0.3, 0.4) is 0 Å². The van der Waals surface area contributed by atoms with Crippen LogP contribution in [0.25, 0.3) is 0 Å². The molecular formula is C12H17BrN2O. The first kappa shape index (κ1) is 12.0. The molecule has 1 saturated heterocycles. The molecule has 88 valence electrons. The zero-order chi connectivity index (χ0) is 11.4. The van der Waals surface area contributed by atoms with Crippen LogP contribution in [0.15, 0.2) is 22.7 Å². The Hall–Kier alpha value is -0.420. The second-order valence-corrected chi connectivity index (χ2v) is 5.07. The number of hydrogen-bond acceptors (Lipinski definition) is 3. The van der Waals surface area contributed by atoms with E-state index in [9.17, 15) is 0 Å². The highest BCUT2D eigenvalue weighted by atomic mass is 79.9. The van der Waals surface area contributed by atoms with E-state index >= 15 is 0 Å². The van der Waals surface area contributed by atoms with Gasteiger partial charge in [0.05, 0.1) is 6.61 Å². The molecule has 1 aliphatic heterocycles. The summed E-state index contributed by atoms with van der Waals surface area (Å²) in [5.74, 6) is 5.06. The third-order valence-corrected chi connectivity index (χ3v) is 3.70. The molecule has 1 aliphatic rings. The highest BCUT2D eigenvalue weighted by Gasteiger charge is 2.13. The summed E-state index contributed by atoms with van der Waals surface area (Å²) in [6, 6.07) is 6.30. The SMILES string of the molecule is NOCc1ccc(CN2CCCC2)c(Br)c1. The Labute approximate surface area is 105 Å². The van der Waals surface area contributed by atoms with E-state index < -0.39 is 0 Å². The molecule has 2 rings (SSSR count). The maximum atomic E-state index is 5.06. The van der Waals surface area contributed by atoms with Crippen molar-refractivity contribution in [1.29, 1.82) is 0 Å². The molecule has 1 aromatic rings. The molecule has 0 aromatic heterocycles. The summed E-state index contributed by atoms with van der Waals surface area (Å²) in [5, 5.41) is 0. The fraction of sp³-hybridized carbons (Fsp3) is 0.500. The topological polar surface area (TPSA) is 38.5 Å². The monoisotopic (exact) mass is 284 g/mol. The number of nitrogens with zero attached hydrogens (tertiary/aromatic N) is 1. The maximum Gasteiger partial charge on any atom is 0.0930 e. The summed E-state index contributed by atoms with van der Waals surface area (Å²) in [6.07, 6.45) is 2.66. The van der Waals surface area contributed by atoms with Gasteiger partial charge in [-0.25, -0.2) is 5.90 Å². The third-order valence-electron chi connectivity index (χ3n) is 2.96. The number of rotatable bonds is 4. The minimum Gasteiger partial charge on any atom is -0.300 e. The van der Waals surface area contributed by atoms with Crippen LogP contribution in [0, 0.1) is 0 Å². The lowest BCUT2D eigenvalue weighted by molar-refractivity contribution is 0.124. The largest absolute Gasteiger partial charge is 0.300 e. The van der Waals surface area contributed by atoms with Gasteiger partial charge in [0.1, 0.15) is 0 Å². The Morgan fingerprint density at radius 3 is 2.69 bits per heavy atom. The van der Waals surface area contributed by atoms with Crippen LogP contribution in [0.1, 0.15) is 24.0 Å². The molecule has 2 N–H and O–H groups in total. The first-order chi connectivity index (χ1) is 7.79. The van der Waals surface area contributed by atoms with Gasteiger partial charge in [0.2, 0.25) is 0 Å². The first-order valence-corrected chi connectivity index (χ1v) is 6.40. The second-order valence-electron chi connectivity index (χ2n) is 4.22. The molecular weight excluding hydrogens is 268 g/mol. The summed E-state index contributed by atoms with van der Waals surface area (Å²) in [6.45, 7) is 3.94. The van der Waals surface area contributed by atoms with Gasteiger partial charge in [0.15, 0.2) is 0 Å². The third kappa shape index (κ3) is 3.04. The average molecular weight is 285 g/mol.